The first-order chi connectivity index (χ1) is 16.7. The van der Waals surface area contributed by atoms with Crippen molar-refractivity contribution in [2.75, 3.05) is 10.2 Å². The van der Waals surface area contributed by atoms with Crippen LogP contribution in [-0.4, -0.2) is 17.8 Å². The first-order valence-corrected chi connectivity index (χ1v) is 11.6. The summed E-state index contributed by atoms with van der Waals surface area (Å²) in [5.74, 6) is -1.10. The van der Waals surface area contributed by atoms with Crippen LogP contribution in [-0.2, 0) is 16.0 Å². The number of ether oxygens (including phenoxy) is 1. The Labute approximate surface area is 209 Å². The van der Waals surface area contributed by atoms with Crippen LogP contribution in [0.25, 0.3) is 0 Å². The van der Waals surface area contributed by atoms with Gasteiger partial charge in [0.05, 0.1) is 11.3 Å². The van der Waals surface area contributed by atoms with E-state index >= 15 is 0 Å². The highest BCUT2D eigenvalue weighted by Gasteiger charge is 2.38. The minimum absolute atomic E-state index is 0.0163. The molecule has 7 heteroatoms. The Kier molecular flexibility index (Phi) is 6.76. The third-order valence-electron chi connectivity index (χ3n) is 5.99. The van der Waals surface area contributed by atoms with Crippen LogP contribution in [0, 0.1) is 20.8 Å². The molecule has 1 N–H and O–H groups in total. The number of rotatable bonds is 6. The zero-order valence-corrected chi connectivity index (χ0v) is 20.7. The number of anilines is 2. The van der Waals surface area contributed by atoms with Gasteiger partial charge in [-0.15, -0.1) is 0 Å². The van der Waals surface area contributed by atoms with Gasteiger partial charge in [-0.2, -0.15) is 0 Å². The zero-order chi connectivity index (χ0) is 25.3. The summed E-state index contributed by atoms with van der Waals surface area (Å²) >= 11 is 6.22. The molecule has 3 aromatic rings. The van der Waals surface area contributed by atoms with Crippen molar-refractivity contribution in [3.63, 3.8) is 0 Å². The third kappa shape index (κ3) is 4.84. The van der Waals surface area contributed by atoms with Gasteiger partial charge < -0.3 is 10.1 Å². The van der Waals surface area contributed by atoms with E-state index in [1.54, 1.807) is 36.4 Å². The fraction of sp³-hybridized carbons (Fsp3) is 0.179. The number of esters is 1. The normalized spacial score (nSPS) is 13.5. The molecule has 4 rings (SSSR count). The molecule has 0 saturated carbocycles. The maximum absolute atomic E-state index is 13.0. The molecule has 0 radical (unpaired) electrons. The second-order valence-electron chi connectivity index (χ2n) is 8.45. The summed E-state index contributed by atoms with van der Waals surface area (Å²) in [6.07, 6.45) is 0.849. The van der Waals surface area contributed by atoms with E-state index in [-0.39, 0.29) is 10.7 Å². The minimum Gasteiger partial charge on any atom is -0.423 e. The Hall–Kier alpha value is -3.90. The molecule has 35 heavy (non-hydrogen) atoms. The molecule has 0 unspecified atom stereocenters. The molecule has 0 spiro atoms. The molecule has 1 aliphatic rings. The van der Waals surface area contributed by atoms with Gasteiger partial charge in [-0.05, 0) is 91.9 Å². The number of aryl methyl sites for hydroxylation is 3. The van der Waals surface area contributed by atoms with Crippen molar-refractivity contribution in [3.05, 3.63) is 99.2 Å². The fourth-order valence-corrected chi connectivity index (χ4v) is 4.04. The summed E-state index contributed by atoms with van der Waals surface area (Å²) in [6.45, 7) is 7.84. The predicted octanol–water partition coefficient (Wildman–Crippen LogP) is 5.83. The van der Waals surface area contributed by atoms with Crippen LogP contribution >= 0.6 is 11.6 Å². The van der Waals surface area contributed by atoms with Gasteiger partial charge in [0.1, 0.15) is 16.5 Å². The molecular weight excluding hydrogens is 464 g/mol. The van der Waals surface area contributed by atoms with Crippen LogP contribution in [0.4, 0.5) is 11.4 Å². The molecule has 0 saturated heterocycles. The smallest absolute Gasteiger partial charge is 0.343 e. The first-order valence-electron chi connectivity index (χ1n) is 11.2. The Morgan fingerprint density at radius 3 is 2.23 bits per heavy atom. The monoisotopic (exact) mass is 488 g/mol. The van der Waals surface area contributed by atoms with E-state index in [1.807, 2.05) is 52.0 Å². The molecule has 0 bridgehead atoms. The predicted molar refractivity (Wildman–Crippen MR) is 137 cm³/mol. The van der Waals surface area contributed by atoms with Gasteiger partial charge in [0.2, 0.25) is 0 Å². The molecule has 6 nitrogen and oxygen atoms in total. The average molecular weight is 489 g/mol. The van der Waals surface area contributed by atoms with E-state index in [4.69, 9.17) is 16.3 Å². The largest absolute Gasteiger partial charge is 0.423 e. The third-order valence-corrected chi connectivity index (χ3v) is 6.34. The van der Waals surface area contributed by atoms with Crippen molar-refractivity contribution in [2.24, 2.45) is 0 Å². The number of amides is 2. The van der Waals surface area contributed by atoms with Crippen molar-refractivity contribution in [1.82, 2.24) is 0 Å². The standard InChI is InChI=1S/C28H25ClN2O4/c1-5-19-6-12-22(13-7-19)31-26(32)24(29)25(27(31)33)30-21-10-8-20(9-11-21)28(34)35-23-15-16(2)14-17(3)18(23)4/h6-15,30H,5H2,1-4H3. The highest BCUT2D eigenvalue weighted by molar-refractivity contribution is 6.53. The highest BCUT2D eigenvalue weighted by atomic mass is 35.5. The van der Waals surface area contributed by atoms with Crippen LogP contribution in [0.1, 0.15) is 39.5 Å². The quantitative estimate of drug-likeness (QED) is 0.268. The van der Waals surface area contributed by atoms with Crippen LogP contribution in [0.5, 0.6) is 5.75 Å². The summed E-state index contributed by atoms with van der Waals surface area (Å²) in [4.78, 5) is 39.4. The van der Waals surface area contributed by atoms with E-state index in [9.17, 15) is 14.4 Å². The van der Waals surface area contributed by atoms with Crippen molar-refractivity contribution in [1.29, 1.82) is 0 Å². The Balaban J connectivity index is 1.48. The van der Waals surface area contributed by atoms with Crippen LogP contribution < -0.4 is 15.0 Å². The summed E-state index contributed by atoms with van der Waals surface area (Å²) in [7, 11) is 0. The summed E-state index contributed by atoms with van der Waals surface area (Å²) in [5.41, 5.74) is 5.33. The molecule has 0 aliphatic carbocycles. The van der Waals surface area contributed by atoms with E-state index < -0.39 is 17.8 Å². The number of nitrogens with zero attached hydrogens (tertiary/aromatic N) is 1. The molecule has 0 aromatic heterocycles. The number of imide groups is 1. The average Bonchev–Trinajstić information content (AvgIpc) is 3.05. The fourth-order valence-electron chi connectivity index (χ4n) is 3.83. The van der Waals surface area contributed by atoms with Gasteiger partial charge >= 0.3 is 5.97 Å². The lowest BCUT2D eigenvalue weighted by atomic mass is 10.1. The minimum atomic E-state index is -0.590. The molecule has 3 aromatic carbocycles. The lowest BCUT2D eigenvalue weighted by Gasteiger charge is -2.15. The molecule has 0 atom stereocenters. The Morgan fingerprint density at radius 2 is 1.60 bits per heavy atom. The van der Waals surface area contributed by atoms with Crippen molar-refractivity contribution >= 4 is 40.8 Å². The van der Waals surface area contributed by atoms with Crippen molar-refractivity contribution in [2.45, 2.75) is 34.1 Å². The van der Waals surface area contributed by atoms with Gasteiger partial charge in [0, 0.05) is 5.69 Å². The Morgan fingerprint density at radius 1 is 0.943 bits per heavy atom. The SMILES string of the molecule is CCc1ccc(N2C(=O)C(Cl)=C(Nc3ccc(C(=O)Oc4cc(C)cc(C)c4C)cc3)C2=O)cc1. The van der Waals surface area contributed by atoms with E-state index in [1.165, 1.54) is 0 Å². The Bertz CT molecular complexity index is 1360. The van der Waals surface area contributed by atoms with Crippen LogP contribution in [0.2, 0.25) is 0 Å². The van der Waals surface area contributed by atoms with Gasteiger partial charge in [-0.1, -0.05) is 36.7 Å². The van der Waals surface area contributed by atoms with Gasteiger partial charge in [-0.3, -0.25) is 9.59 Å². The van der Waals surface area contributed by atoms with Crippen molar-refractivity contribution < 1.29 is 19.1 Å². The van der Waals surface area contributed by atoms with E-state index in [2.05, 4.69) is 5.32 Å². The second-order valence-corrected chi connectivity index (χ2v) is 8.83. The molecular formula is C28H25ClN2O4. The maximum Gasteiger partial charge on any atom is 0.343 e. The number of benzene rings is 3. The first kappa shape index (κ1) is 24.2. The van der Waals surface area contributed by atoms with Gasteiger partial charge in [0.25, 0.3) is 11.8 Å². The van der Waals surface area contributed by atoms with Crippen LogP contribution in [0.15, 0.2) is 71.4 Å². The number of hydrogen-bond donors (Lipinski definition) is 1. The summed E-state index contributed by atoms with van der Waals surface area (Å²) in [5, 5.41) is 2.73. The summed E-state index contributed by atoms with van der Waals surface area (Å²) < 4.78 is 5.60. The number of carbonyl (C=O) groups is 3. The number of carbonyl (C=O) groups excluding carboxylic acids is 3. The molecule has 0 fully saturated rings. The lowest BCUT2D eigenvalue weighted by molar-refractivity contribution is -0.120. The van der Waals surface area contributed by atoms with E-state index in [0.717, 1.165) is 33.6 Å². The van der Waals surface area contributed by atoms with Gasteiger partial charge in [0.15, 0.2) is 0 Å². The molecule has 1 aliphatic heterocycles. The zero-order valence-electron chi connectivity index (χ0n) is 19.9. The highest BCUT2D eigenvalue weighted by Crippen LogP contribution is 2.30. The topological polar surface area (TPSA) is 75.7 Å². The molecule has 178 valence electrons. The maximum atomic E-state index is 13.0. The van der Waals surface area contributed by atoms with Gasteiger partial charge in [-0.25, -0.2) is 9.69 Å². The second kappa shape index (κ2) is 9.76. The number of halogens is 1. The summed E-state index contributed by atoms with van der Waals surface area (Å²) in [6, 6.07) is 17.5. The molecule has 1 heterocycles. The number of nitrogens with one attached hydrogen (secondary N) is 1. The van der Waals surface area contributed by atoms with Crippen molar-refractivity contribution in [3.8, 4) is 5.75 Å². The molecule has 2 amide bonds. The lowest BCUT2D eigenvalue weighted by Crippen LogP contribution is -2.32. The van der Waals surface area contributed by atoms with E-state index in [0.29, 0.717) is 22.7 Å². The number of hydrogen-bond acceptors (Lipinski definition) is 5. The van der Waals surface area contributed by atoms with Crippen LogP contribution in [0.3, 0.4) is 0 Å².